The summed E-state index contributed by atoms with van der Waals surface area (Å²) < 4.78 is 9.71. The fourth-order valence-corrected chi connectivity index (χ4v) is 1.92. The first-order valence-electron chi connectivity index (χ1n) is 7.72. The van der Waals surface area contributed by atoms with E-state index in [2.05, 4.69) is 15.4 Å². The van der Waals surface area contributed by atoms with Crippen molar-refractivity contribution in [1.82, 2.24) is 10.6 Å². The van der Waals surface area contributed by atoms with E-state index in [1.165, 1.54) is 19.2 Å². The number of esters is 1. The smallest absolute Gasteiger partial charge is 0.408 e. The number of carbonyl (C=O) groups is 3. The van der Waals surface area contributed by atoms with Crippen LogP contribution in [0.3, 0.4) is 0 Å². The van der Waals surface area contributed by atoms with Gasteiger partial charge in [0.1, 0.15) is 23.9 Å². The van der Waals surface area contributed by atoms with Gasteiger partial charge >= 0.3 is 12.1 Å². The molecule has 0 saturated heterocycles. The van der Waals surface area contributed by atoms with Crippen LogP contribution in [0.2, 0.25) is 0 Å². The Morgan fingerprint density at radius 2 is 1.76 bits per heavy atom. The molecule has 0 saturated carbocycles. The van der Waals surface area contributed by atoms with E-state index in [0.717, 1.165) is 5.56 Å². The van der Waals surface area contributed by atoms with E-state index in [-0.39, 0.29) is 18.7 Å². The minimum Gasteiger partial charge on any atom is -0.508 e. The SMILES string of the molecule is COC(=O)[C@H](Cc1ccc(O)cc1)NC(=O)CNC(=O)OC(C)(C)C. The highest BCUT2D eigenvalue weighted by Crippen LogP contribution is 2.12. The van der Waals surface area contributed by atoms with E-state index in [1.54, 1.807) is 32.9 Å². The predicted octanol–water partition coefficient (Wildman–Crippen LogP) is 1.12. The van der Waals surface area contributed by atoms with Crippen LogP contribution in [0, 0.1) is 0 Å². The predicted molar refractivity (Wildman–Crippen MR) is 90.0 cm³/mol. The normalized spacial score (nSPS) is 12.0. The highest BCUT2D eigenvalue weighted by Gasteiger charge is 2.23. The molecule has 0 heterocycles. The molecule has 0 aliphatic rings. The molecule has 0 fully saturated rings. The molecule has 2 amide bonds. The van der Waals surface area contributed by atoms with Gasteiger partial charge in [-0.3, -0.25) is 4.79 Å². The van der Waals surface area contributed by atoms with Crippen molar-refractivity contribution >= 4 is 18.0 Å². The molecule has 138 valence electrons. The van der Waals surface area contributed by atoms with Crippen LogP contribution in [-0.2, 0) is 25.5 Å². The van der Waals surface area contributed by atoms with Crippen LogP contribution in [0.1, 0.15) is 26.3 Å². The molecule has 8 nitrogen and oxygen atoms in total. The summed E-state index contributed by atoms with van der Waals surface area (Å²) in [6, 6.07) is 5.32. The second kappa shape index (κ2) is 8.91. The van der Waals surface area contributed by atoms with Crippen LogP contribution < -0.4 is 10.6 Å². The lowest BCUT2D eigenvalue weighted by atomic mass is 10.1. The number of ether oxygens (including phenoxy) is 2. The minimum atomic E-state index is -0.914. The lowest BCUT2D eigenvalue weighted by molar-refractivity contribution is -0.144. The number of benzene rings is 1. The molecular weight excluding hydrogens is 328 g/mol. The van der Waals surface area contributed by atoms with E-state index in [4.69, 9.17) is 4.74 Å². The Labute approximate surface area is 146 Å². The fourth-order valence-electron chi connectivity index (χ4n) is 1.92. The van der Waals surface area contributed by atoms with Gasteiger partial charge in [0.05, 0.1) is 7.11 Å². The maximum absolute atomic E-state index is 12.0. The first-order chi connectivity index (χ1) is 11.6. The molecule has 0 unspecified atom stereocenters. The number of alkyl carbamates (subject to hydrolysis) is 1. The third-order valence-corrected chi connectivity index (χ3v) is 2.99. The molecule has 0 radical (unpaired) electrons. The van der Waals surface area contributed by atoms with E-state index in [0.29, 0.717) is 0 Å². The molecule has 1 aromatic rings. The van der Waals surface area contributed by atoms with Gasteiger partial charge in [0.15, 0.2) is 0 Å². The van der Waals surface area contributed by atoms with Crippen LogP contribution in [-0.4, -0.2) is 48.4 Å². The van der Waals surface area contributed by atoms with Gasteiger partial charge in [-0.1, -0.05) is 12.1 Å². The second-order valence-electron chi connectivity index (χ2n) is 6.37. The minimum absolute atomic E-state index is 0.101. The summed E-state index contributed by atoms with van der Waals surface area (Å²) in [5.41, 5.74) is 0.0575. The van der Waals surface area contributed by atoms with Crippen LogP contribution in [0.4, 0.5) is 4.79 Å². The average Bonchev–Trinajstić information content (AvgIpc) is 2.52. The maximum atomic E-state index is 12.0. The lowest BCUT2D eigenvalue weighted by Gasteiger charge is -2.20. The Morgan fingerprint density at radius 3 is 2.28 bits per heavy atom. The molecule has 1 aromatic carbocycles. The van der Waals surface area contributed by atoms with E-state index in [1.807, 2.05) is 0 Å². The first kappa shape index (κ1) is 20.3. The third-order valence-electron chi connectivity index (χ3n) is 2.99. The highest BCUT2D eigenvalue weighted by molar-refractivity contribution is 5.87. The summed E-state index contributed by atoms with van der Waals surface area (Å²) >= 11 is 0. The van der Waals surface area contributed by atoms with Gasteiger partial charge in [-0.15, -0.1) is 0 Å². The van der Waals surface area contributed by atoms with E-state index in [9.17, 15) is 19.5 Å². The molecule has 8 heteroatoms. The van der Waals surface area contributed by atoms with Crippen molar-refractivity contribution in [3.63, 3.8) is 0 Å². The maximum Gasteiger partial charge on any atom is 0.408 e. The molecule has 1 atom stereocenters. The Hall–Kier alpha value is -2.77. The van der Waals surface area contributed by atoms with Crippen molar-refractivity contribution in [3.8, 4) is 5.75 Å². The summed E-state index contributed by atoms with van der Waals surface area (Å²) in [7, 11) is 1.22. The van der Waals surface area contributed by atoms with Crippen molar-refractivity contribution < 1.29 is 29.0 Å². The summed E-state index contributed by atoms with van der Waals surface area (Å²) in [6.07, 6.45) is -0.540. The van der Waals surface area contributed by atoms with Gasteiger partial charge in [-0.05, 0) is 38.5 Å². The van der Waals surface area contributed by atoms with Crippen molar-refractivity contribution in [1.29, 1.82) is 0 Å². The average molecular weight is 352 g/mol. The number of hydrogen-bond donors (Lipinski definition) is 3. The molecule has 0 aromatic heterocycles. The highest BCUT2D eigenvalue weighted by atomic mass is 16.6. The monoisotopic (exact) mass is 352 g/mol. The van der Waals surface area contributed by atoms with Gasteiger partial charge in [0, 0.05) is 6.42 Å². The Morgan fingerprint density at radius 1 is 1.16 bits per heavy atom. The lowest BCUT2D eigenvalue weighted by Crippen LogP contribution is -2.47. The quantitative estimate of drug-likeness (QED) is 0.661. The zero-order valence-electron chi connectivity index (χ0n) is 14.8. The Balaban J connectivity index is 2.59. The summed E-state index contributed by atoms with van der Waals surface area (Å²) in [6.45, 7) is 4.78. The van der Waals surface area contributed by atoms with E-state index >= 15 is 0 Å². The Bertz CT molecular complexity index is 607. The number of rotatable bonds is 6. The number of nitrogens with one attached hydrogen (secondary N) is 2. The largest absolute Gasteiger partial charge is 0.508 e. The number of aromatic hydroxyl groups is 1. The summed E-state index contributed by atoms with van der Waals surface area (Å²) in [5, 5.41) is 14.1. The number of amides is 2. The van der Waals surface area contributed by atoms with Crippen LogP contribution in [0.25, 0.3) is 0 Å². The molecule has 1 rings (SSSR count). The van der Waals surface area contributed by atoms with Crippen molar-refractivity contribution in [2.24, 2.45) is 0 Å². The van der Waals surface area contributed by atoms with Crippen LogP contribution in [0.15, 0.2) is 24.3 Å². The number of hydrogen-bond acceptors (Lipinski definition) is 6. The zero-order chi connectivity index (χ0) is 19.0. The first-order valence-corrected chi connectivity index (χ1v) is 7.72. The molecule has 25 heavy (non-hydrogen) atoms. The van der Waals surface area contributed by atoms with Gasteiger partial charge in [-0.25, -0.2) is 9.59 Å². The number of phenols is 1. The van der Waals surface area contributed by atoms with Crippen LogP contribution >= 0.6 is 0 Å². The summed E-state index contributed by atoms with van der Waals surface area (Å²) in [4.78, 5) is 35.3. The molecule has 0 aliphatic heterocycles. The van der Waals surface area contributed by atoms with Crippen molar-refractivity contribution in [3.05, 3.63) is 29.8 Å². The molecule has 3 N–H and O–H groups in total. The third kappa shape index (κ3) is 8.05. The molecule has 0 bridgehead atoms. The summed E-state index contributed by atoms with van der Waals surface area (Å²) in [5.74, 6) is -1.07. The standard InChI is InChI=1S/C17H24N2O6/c1-17(2,3)25-16(23)18-10-14(21)19-13(15(22)24-4)9-11-5-7-12(20)8-6-11/h5-8,13,20H,9-10H2,1-4H3,(H,18,23)(H,19,21)/t13-/m0/s1. The topological polar surface area (TPSA) is 114 Å². The molecule has 0 aliphatic carbocycles. The molecular formula is C17H24N2O6. The number of methoxy groups -OCH3 is 1. The van der Waals surface area contributed by atoms with Gasteiger partial charge in [0.2, 0.25) is 5.91 Å². The van der Waals surface area contributed by atoms with Crippen molar-refractivity contribution in [2.45, 2.75) is 38.8 Å². The Kier molecular flexibility index (Phi) is 7.22. The van der Waals surface area contributed by atoms with Crippen molar-refractivity contribution in [2.75, 3.05) is 13.7 Å². The van der Waals surface area contributed by atoms with E-state index < -0.39 is 29.6 Å². The van der Waals surface area contributed by atoms with Crippen LogP contribution in [0.5, 0.6) is 5.75 Å². The number of carbonyl (C=O) groups excluding carboxylic acids is 3. The molecule has 0 spiro atoms. The fraction of sp³-hybridized carbons (Fsp3) is 0.471. The zero-order valence-corrected chi connectivity index (χ0v) is 14.8. The number of phenolic OH excluding ortho intramolecular Hbond substituents is 1. The van der Waals surface area contributed by atoms with Gasteiger partial charge in [0.25, 0.3) is 0 Å². The van der Waals surface area contributed by atoms with Gasteiger partial charge < -0.3 is 25.2 Å². The van der Waals surface area contributed by atoms with Gasteiger partial charge in [-0.2, -0.15) is 0 Å². The second-order valence-corrected chi connectivity index (χ2v) is 6.37.